The van der Waals surface area contributed by atoms with Crippen molar-refractivity contribution in [1.29, 1.82) is 0 Å². The highest BCUT2D eigenvalue weighted by molar-refractivity contribution is 5.54. The molecule has 1 aromatic carbocycles. The Morgan fingerprint density at radius 1 is 1.08 bits per heavy atom. The Hall–Kier alpha value is -1.58. The van der Waals surface area contributed by atoms with E-state index in [1.165, 1.54) is 26.4 Å². The van der Waals surface area contributed by atoms with E-state index in [9.17, 15) is 5.11 Å². The highest BCUT2D eigenvalue weighted by Gasteiger charge is 2.10. The number of methoxy groups -OCH3 is 2. The molecule has 4 heteroatoms. The molecular weight excluding hydrogens is 160 g/mol. The van der Waals surface area contributed by atoms with Crippen LogP contribution in [-0.4, -0.2) is 24.4 Å². The number of benzene rings is 1. The predicted octanol–water partition coefficient (Wildman–Crippen LogP) is 1.11. The predicted molar refractivity (Wildman–Crippen MR) is 42.9 cm³/mol. The molecule has 0 saturated carbocycles. The average molecular weight is 170 g/mol. The lowest BCUT2D eigenvalue weighted by Gasteiger charge is -2.08. The van der Waals surface area contributed by atoms with Gasteiger partial charge in [0.2, 0.25) is 5.75 Å². The van der Waals surface area contributed by atoms with Crippen molar-refractivity contribution < 1.29 is 19.7 Å². The van der Waals surface area contributed by atoms with Gasteiger partial charge in [-0.2, -0.15) is 0 Å². The topological polar surface area (TPSA) is 58.9 Å². The Morgan fingerprint density at radius 3 is 2.25 bits per heavy atom. The zero-order valence-corrected chi connectivity index (χ0v) is 6.87. The summed E-state index contributed by atoms with van der Waals surface area (Å²) in [5, 5.41) is 18.3. The fourth-order valence-corrected chi connectivity index (χ4v) is 0.930. The highest BCUT2D eigenvalue weighted by atomic mass is 16.5. The number of hydrogen-bond acceptors (Lipinski definition) is 4. The average Bonchev–Trinajstić information content (AvgIpc) is 2.03. The van der Waals surface area contributed by atoms with Crippen LogP contribution < -0.4 is 9.47 Å². The van der Waals surface area contributed by atoms with Gasteiger partial charge in [0.05, 0.1) is 14.2 Å². The molecule has 12 heavy (non-hydrogen) atoms. The summed E-state index contributed by atoms with van der Waals surface area (Å²) in [6.45, 7) is 0. The number of ether oxygens (including phenoxy) is 2. The van der Waals surface area contributed by atoms with E-state index in [0.29, 0.717) is 5.75 Å². The Morgan fingerprint density at radius 2 is 1.75 bits per heavy atom. The van der Waals surface area contributed by atoms with Crippen LogP contribution in [0.5, 0.6) is 23.0 Å². The van der Waals surface area contributed by atoms with Crippen LogP contribution in [-0.2, 0) is 0 Å². The molecule has 0 unspecified atom stereocenters. The molecule has 1 aromatic rings. The van der Waals surface area contributed by atoms with Crippen LogP contribution in [0, 0.1) is 0 Å². The fraction of sp³-hybridized carbons (Fsp3) is 0.250. The molecule has 0 bridgehead atoms. The van der Waals surface area contributed by atoms with Gasteiger partial charge in [0.1, 0.15) is 5.75 Å². The first kappa shape index (κ1) is 8.52. The van der Waals surface area contributed by atoms with Crippen molar-refractivity contribution in [2.24, 2.45) is 0 Å². The molecule has 0 amide bonds. The summed E-state index contributed by atoms with van der Waals surface area (Å²) in [7, 11) is 2.84. The van der Waals surface area contributed by atoms with Crippen molar-refractivity contribution in [1.82, 2.24) is 0 Å². The van der Waals surface area contributed by atoms with Gasteiger partial charge in [0.25, 0.3) is 0 Å². The summed E-state index contributed by atoms with van der Waals surface area (Å²) in [6.07, 6.45) is 0. The Bertz CT molecular complexity index is 283. The molecule has 0 aliphatic carbocycles. The second-order valence-electron chi connectivity index (χ2n) is 2.20. The number of phenolic OH excluding ortho intramolecular Hbond substituents is 2. The van der Waals surface area contributed by atoms with E-state index in [1.54, 1.807) is 0 Å². The molecule has 0 aliphatic rings. The first-order valence-electron chi connectivity index (χ1n) is 3.33. The number of hydrogen-bond donors (Lipinski definition) is 2. The van der Waals surface area contributed by atoms with Crippen molar-refractivity contribution in [2.75, 3.05) is 14.2 Å². The van der Waals surface area contributed by atoms with Gasteiger partial charge in [-0.15, -0.1) is 0 Å². The molecule has 66 valence electrons. The Labute approximate surface area is 70.0 Å². The third-order valence-electron chi connectivity index (χ3n) is 1.44. The van der Waals surface area contributed by atoms with Gasteiger partial charge < -0.3 is 19.7 Å². The van der Waals surface area contributed by atoms with Crippen LogP contribution in [0.3, 0.4) is 0 Å². The standard InChI is InChI=1S/C8H10O4/c1-11-7-4-5(9)3-6(10)8(7)12-2/h3-4,9-10H,1-2H3. The van der Waals surface area contributed by atoms with E-state index in [1.807, 2.05) is 0 Å². The zero-order valence-electron chi connectivity index (χ0n) is 6.87. The molecule has 4 nitrogen and oxygen atoms in total. The number of rotatable bonds is 2. The molecule has 0 aliphatic heterocycles. The van der Waals surface area contributed by atoms with Gasteiger partial charge in [-0.25, -0.2) is 0 Å². The van der Waals surface area contributed by atoms with Crippen molar-refractivity contribution >= 4 is 0 Å². The molecule has 0 radical (unpaired) electrons. The maximum atomic E-state index is 9.24. The van der Waals surface area contributed by atoms with Gasteiger partial charge >= 0.3 is 0 Å². The summed E-state index contributed by atoms with van der Waals surface area (Å²) < 4.78 is 9.69. The largest absolute Gasteiger partial charge is 0.508 e. The SMILES string of the molecule is COc1cc(O)cc(O)c1OC. The van der Waals surface area contributed by atoms with Crippen LogP contribution >= 0.6 is 0 Å². The van der Waals surface area contributed by atoms with Crippen molar-refractivity contribution in [3.05, 3.63) is 12.1 Å². The van der Waals surface area contributed by atoms with Gasteiger partial charge in [-0.1, -0.05) is 0 Å². The molecule has 0 heterocycles. The summed E-state index contributed by atoms with van der Waals surface area (Å²) in [4.78, 5) is 0. The number of aromatic hydroxyl groups is 2. The minimum absolute atomic E-state index is 0.0647. The second-order valence-corrected chi connectivity index (χ2v) is 2.20. The first-order valence-corrected chi connectivity index (χ1v) is 3.33. The van der Waals surface area contributed by atoms with Gasteiger partial charge in [-0.05, 0) is 0 Å². The minimum atomic E-state index is -0.144. The molecule has 0 fully saturated rings. The normalized spacial score (nSPS) is 9.50. The van der Waals surface area contributed by atoms with Crippen LogP contribution in [0.1, 0.15) is 0 Å². The van der Waals surface area contributed by atoms with E-state index >= 15 is 0 Å². The van der Waals surface area contributed by atoms with Gasteiger partial charge in [0, 0.05) is 12.1 Å². The van der Waals surface area contributed by atoms with Crippen molar-refractivity contribution in [3.63, 3.8) is 0 Å². The molecular formula is C8H10O4. The van der Waals surface area contributed by atoms with Crippen LogP contribution in [0.25, 0.3) is 0 Å². The summed E-state index contributed by atoms with van der Waals surface area (Å²) in [5.74, 6) is 0.310. The molecule has 0 aromatic heterocycles. The zero-order chi connectivity index (χ0) is 9.14. The number of phenols is 2. The Balaban J connectivity index is 3.24. The van der Waals surface area contributed by atoms with Gasteiger partial charge in [-0.3, -0.25) is 0 Å². The first-order chi connectivity index (χ1) is 5.69. The molecule has 0 saturated heterocycles. The molecule has 1 rings (SSSR count). The lowest BCUT2D eigenvalue weighted by atomic mass is 10.3. The molecule has 0 atom stereocenters. The van der Waals surface area contributed by atoms with Crippen LogP contribution in [0.2, 0.25) is 0 Å². The highest BCUT2D eigenvalue weighted by Crippen LogP contribution is 2.39. The maximum absolute atomic E-state index is 9.24. The fourth-order valence-electron chi connectivity index (χ4n) is 0.930. The third kappa shape index (κ3) is 1.37. The van der Waals surface area contributed by atoms with E-state index in [4.69, 9.17) is 14.6 Å². The van der Waals surface area contributed by atoms with E-state index in [-0.39, 0.29) is 17.2 Å². The summed E-state index contributed by atoms with van der Waals surface area (Å²) in [6, 6.07) is 2.54. The smallest absolute Gasteiger partial charge is 0.203 e. The third-order valence-corrected chi connectivity index (χ3v) is 1.44. The molecule has 0 spiro atoms. The van der Waals surface area contributed by atoms with Crippen molar-refractivity contribution in [3.8, 4) is 23.0 Å². The lowest BCUT2D eigenvalue weighted by Crippen LogP contribution is -1.90. The van der Waals surface area contributed by atoms with E-state index < -0.39 is 0 Å². The monoisotopic (exact) mass is 170 g/mol. The maximum Gasteiger partial charge on any atom is 0.203 e. The second kappa shape index (κ2) is 3.21. The van der Waals surface area contributed by atoms with Crippen LogP contribution in [0.4, 0.5) is 0 Å². The van der Waals surface area contributed by atoms with E-state index in [0.717, 1.165) is 0 Å². The molecule has 2 N–H and O–H groups in total. The lowest BCUT2D eigenvalue weighted by molar-refractivity contribution is 0.329. The Kier molecular flexibility index (Phi) is 2.28. The summed E-state index contributed by atoms with van der Waals surface area (Å²) >= 11 is 0. The minimum Gasteiger partial charge on any atom is -0.508 e. The van der Waals surface area contributed by atoms with E-state index in [2.05, 4.69) is 0 Å². The van der Waals surface area contributed by atoms with Gasteiger partial charge in [0.15, 0.2) is 11.5 Å². The quantitative estimate of drug-likeness (QED) is 0.698. The van der Waals surface area contributed by atoms with Crippen LogP contribution in [0.15, 0.2) is 12.1 Å². The summed E-state index contributed by atoms with van der Waals surface area (Å²) in [5.41, 5.74) is 0. The van der Waals surface area contributed by atoms with Crippen molar-refractivity contribution in [2.45, 2.75) is 0 Å².